The Hall–Kier alpha value is -1.69. The van der Waals surface area contributed by atoms with E-state index < -0.39 is 5.82 Å². The van der Waals surface area contributed by atoms with Gasteiger partial charge < -0.3 is 5.32 Å². The number of hydrogen-bond acceptors (Lipinski definition) is 2. The maximum Gasteiger partial charge on any atom is 0.258 e. The molecule has 0 saturated carbocycles. The van der Waals surface area contributed by atoms with Crippen molar-refractivity contribution >= 4 is 27.5 Å². The minimum atomic E-state index is -0.418. The molecule has 0 aliphatic carbocycles. The van der Waals surface area contributed by atoms with Gasteiger partial charge in [-0.25, -0.2) is 4.39 Å². The lowest BCUT2D eigenvalue weighted by Crippen LogP contribution is -2.12. The smallest absolute Gasteiger partial charge is 0.258 e. The Kier molecular flexibility index (Phi) is 3.23. The molecular weight excluding hydrogens is 289 g/mol. The number of nitrogens with zero attached hydrogens (tertiary/aromatic N) is 1. The molecule has 0 unspecified atom stereocenters. The predicted octanol–water partition coefficient (Wildman–Crippen LogP) is 2.87. The van der Waals surface area contributed by atoms with Crippen LogP contribution in [0.1, 0.15) is 15.9 Å². The summed E-state index contributed by atoms with van der Waals surface area (Å²) in [6, 6.07) is 2.89. The van der Waals surface area contributed by atoms with Gasteiger partial charge in [0.15, 0.2) is 0 Å². The number of hydrogen-bond donors (Lipinski definition) is 2. The Morgan fingerprint density at radius 3 is 2.94 bits per heavy atom. The number of amides is 1. The highest BCUT2D eigenvalue weighted by atomic mass is 79.9. The number of carbonyl (C=O) groups excluding carboxylic acids is 1. The first kappa shape index (κ1) is 11.8. The van der Waals surface area contributed by atoms with E-state index in [1.54, 1.807) is 13.0 Å². The third-order valence-electron chi connectivity index (χ3n) is 2.28. The first-order valence-corrected chi connectivity index (χ1v) is 5.63. The molecule has 0 atom stereocenters. The van der Waals surface area contributed by atoms with Crippen LogP contribution in [0.25, 0.3) is 0 Å². The van der Waals surface area contributed by atoms with Crippen molar-refractivity contribution in [1.82, 2.24) is 10.2 Å². The van der Waals surface area contributed by atoms with Crippen LogP contribution in [0.2, 0.25) is 0 Å². The lowest BCUT2D eigenvalue weighted by atomic mass is 10.2. The third-order valence-corrected chi connectivity index (χ3v) is 2.88. The number of rotatable bonds is 2. The SMILES string of the molecule is Cc1cc(Br)c(F)cc1NC(=O)c1cn[nH]c1. The fourth-order valence-corrected chi connectivity index (χ4v) is 1.81. The maximum absolute atomic E-state index is 13.3. The van der Waals surface area contributed by atoms with Crippen molar-refractivity contribution in [3.05, 3.63) is 45.9 Å². The normalized spacial score (nSPS) is 10.3. The second kappa shape index (κ2) is 4.67. The Morgan fingerprint density at radius 1 is 1.53 bits per heavy atom. The fourth-order valence-electron chi connectivity index (χ4n) is 1.35. The topological polar surface area (TPSA) is 57.8 Å². The summed E-state index contributed by atoms with van der Waals surface area (Å²) in [5.74, 6) is -0.748. The van der Waals surface area contributed by atoms with Crippen LogP contribution in [-0.4, -0.2) is 16.1 Å². The Bertz CT molecular complexity index is 554. The Morgan fingerprint density at radius 2 is 2.29 bits per heavy atom. The first-order valence-electron chi connectivity index (χ1n) is 4.83. The Balaban J connectivity index is 2.25. The van der Waals surface area contributed by atoms with E-state index in [9.17, 15) is 9.18 Å². The van der Waals surface area contributed by atoms with Gasteiger partial charge in [-0.2, -0.15) is 5.10 Å². The molecule has 6 heteroatoms. The highest BCUT2D eigenvalue weighted by molar-refractivity contribution is 9.10. The van der Waals surface area contributed by atoms with Gasteiger partial charge in [-0.05, 0) is 40.5 Å². The minimum Gasteiger partial charge on any atom is -0.322 e. The van der Waals surface area contributed by atoms with Crippen LogP contribution in [0.4, 0.5) is 10.1 Å². The number of aryl methyl sites for hydroxylation is 1. The molecule has 0 saturated heterocycles. The number of aromatic nitrogens is 2. The van der Waals surface area contributed by atoms with Gasteiger partial charge in [0.25, 0.3) is 5.91 Å². The van der Waals surface area contributed by atoms with Crippen LogP contribution >= 0.6 is 15.9 Å². The average Bonchev–Trinajstić information content (AvgIpc) is 2.79. The maximum atomic E-state index is 13.3. The van der Waals surface area contributed by atoms with Gasteiger partial charge in [0, 0.05) is 11.9 Å². The van der Waals surface area contributed by atoms with Crippen LogP contribution in [0.3, 0.4) is 0 Å². The van der Waals surface area contributed by atoms with Gasteiger partial charge in [0.2, 0.25) is 0 Å². The van der Waals surface area contributed by atoms with Gasteiger partial charge in [-0.15, -0.1) is 0 Å². The number of carbonyl (C=O) groups is 1. The molecule has 0 aliphatic rings. The van der Waals surface area contributed by atoms with Crippen molar-refractivity contribution in [3.63, 3.8) is 0 Å². The van der Waals surface area contributed by atoms with E-state index in [1.165, 1.54) is 18.5 Å². The molecule has 88 valence electrons. The first-order chi connectivity index (χ1) is 8.08. The summed E-state index contributed by atoms with van der Waals surface area (Å²) >= 11 is 3.08. The monoisotopic (exact) mass is 297 g/mol. The molecule has 0 bridgehead atoms. The van der Waals surface area contributed by atoms with E-state index in [4.69, 9.17) is 0 Å². The summed E-state index contributed by atoms with van der Waals surface area (Å²) in [7, 11) is 0. The number of halogens is 2. The second-order valence-electron chi connectivity index (χ2n) is 3.52. The lowest BCUT2D eigenvalue weighted by molar-refractivity contribution is 0.102. The van der Waals surface area contributed by atoms with Gasteiger partial charge >= 0.3 is 0 Å². The Labute approximate surface area is 105 Å². The average molecular weight is 298 g/mol. The summed E-state index contributed by atoms with van der Waals surface area (Å²) in [6.07, 6.45) is 2.87. The van der Waals surface area contributed by atoms with Crippen LogP contribution in [-0.2, 0) is 0 Å². The van der Waals surface area contributed by atoms with Crippen molar-refractivity contribution in [1.29, 1.82) is 0 Å². The van der Waals surface area contributed by atoms with Gasteiger partial charge in [0.05, 0.1) is 16.2 Å². The van der Waals surface area contributed by atoms with Crippen molar-refractivity contribution in [3.8, 4) is 0 Å². The number of benzene rings is 1. The van der Waals surface area contributed by atoms with E-state index >= 15 is 0 Å². The van der Waals surface area contributed by atoms with Crippen molar-refractivity contribution in [2.75, 3.05) is 5.32 Å². The van der Waals surface area contributed by atoms with Crippen LogP contribution in [0.5, 0.6) is 0 Å². The highest BCUT2D eigenvalue weighted by Gasteiger charge is 2.10. The van der Waals surface area contributed by atoms with Gasteiger partial charge in [-0.3, -0.25) is 9.89 Å². The van der Waals surface area contributed by atoms with Crippen molar-refractivity contribution < 1.29 is 9.18 Å². The lowest BCUT2D eigenvalue weighted by Gasteiger charge is -2.08. The van der Waals surface area contributed by atoms with E-state index in [1.807, 2.05) is 0 Å². The summed E-state index contributed by atoms with van der Waals surface area (Å²) in [5, 5.41) is 8.83. The molecule has 0 aliphatic heterocycles. The molecule has 0 spiro atoms. The molecule has 1 aromatic heterocycles. The molecule has 1 heterocycles. The summed E-state index contributed by atoms with van der Waals surface area (Å²) in [5.41, 5.74) is 1.61. The van der Waals surface area contributed by atoms with Gasteiger partial charge in [0.1, 0.15) is 5.82 Å². The number of H-pyrrole nitrogens is 1. The highest BCUT2D eigenvalue weighted by Crippen LogP contribution is 2.24. The standard InChI is InChI=1S/C11H9BrFN3O/c1-6-2-8(12)9(13)3-10(6)16-11(17)7-4-14-15-5-7/h2-5H,1H3,(H,14,15)(H,16,17). The second-order valence-corrected chi connectivity index (χ2v) is 4.38. The predicted molar refractivity (Wildman–Crippen MR) is 65.4 cm³/mol. The van der Waals surface area contributed by atoms with Crippen LogP contribution < -0.4 is 5.32 Å². The molecule has 0 radical (unpaired) electrons. The van der Waals surface area contributed by atoms with E-state index in [0.717, 1.165) is 5.56 Å². The molecule has 1 amide bonds. The molecular formula is C11H9BrFN3O. The molecule has 0 fully saturated rings. The minimum absolute atomic E-state index is 0.330. The molecule has 4 nitrogen and oxygen atoms in total. The largest absolute Gasteiger partial charge is 0.322 e. The molecule has 2 rings (SSSR count). The quantitative estimate of drug-likeness (QED) is 0.895. The van der Waals surface area contributed by atoms with E-state index in [0.29, 0.717) is 15.7 Å². The van der Waals surface area contributed by atoms with Crippen LogP contribution in [0, 0.1) is 12.7 Å². The van der Waals surface area contributed by atoms with Crippen molar-refractivity contribution in [2.45, 2.75) is 6.92 Å². The number of anilines is 1. The summed E-state index contributed by atoms with van der Waals surface area (Å²) in [4.78, 5) is 11.7. The van der Waals surface area contributed by atoms with E-state index in [2.05, 4.69) is 31.4 Å². The van der Waals surface area contributed by atoms with Gasteiger partial charge in [-0.1, -0.05) is 0 Å². The molecule has 1 aromatic carbocycles. The molecule has 2 N–H and O–H groups in total. The number of aromatic amines is 1. The third kappa shape index (κ3) is 2.52. The zero-order chi connectivity index (χ0) is 12.4. The summed E-state index contributed by atoms with van der Waals surface area (Å²) in [6.45, 7) is 1.79. The zero-order valence-electron chi connectivity index (χ0n) is 8.92. The van der Waals surface area contributed by atoms with Crippen LogP contribution in [0.15, 0.2) is 29.0 Å². The zero-order valence-corrected chi connectivity index (χ0v) is 10.5. The van der Waals surface area contributed by atoms with Crippen molar-refractivity contribution in [2.24, 2.45) is 0 Å². The van der Waals surface area contributed by atoms with E-state index in [-0.39, 0.29) is 5.91 Å². The fraction of sp³-hybridized carbons (Fsp3) is 0.0909. The number of nitrogens with one attached hydrogen (secondary N) is 2. The summed E-state index contributed by atoms with van der Waals surface area (Å²) < 4.78 is 13.7. The molecule has 17 heavy (non-hydrogen) atoms. The molecule has 2 aromatic rings.